The van der Waals surface area contributed by atoms with Gasteiger partial charge in [0.05, 0.1) is 13.2 Å². The van der Waals surface area contributed by atoms with Crippen molar-refractivity contribution in [3.63, 3.8) is 0 Å². The third-order valence-electron chi connectivity index (χ3n) is 4.77. The normalized spacial score (nSPS) is 15.2. The van der Waals surface area contributed by atoms with Gasteiger partial charge in [-0.2, -0.15) is 5.10 Å². The molecule has 1 amide bonds. The fourth-order valence-electron chi connectivity index (χ4n) is 3.34. The van der Waals surface area contributed by atoms with Crippen LogP contribution in [0.4, 0.5) is 4.79 Å². The molecule has 7 nitrogen and oxygen atoms in total. The molecule has 2 aromatic rings. The van der Waals surface area contributed by atoms with Crippen molar-refractivity contribution in [1.82, 2.24) is 19.2 Å². The zero-order valence-electron chi connectivity index (χ0n) is 15.4. The Labute approximate surface area is 153 Å². The van der Waals surface area contributed by atoms with Crippen molar-refractivity contribution in [2.75, 3.05) is 19.7 Å². The summed E-state index contributed by atoms with van der Waals surface area (Å²) in [5.41, 5.74) is 0.970. The Morgan fingerprint density at radius 2 is 1.92 bits per heavy atom. The van der Waals surface area contributed by atoms with Gasteiger partial charge in [-0.3, -0.25) is 4.57 Å². The molecule has 0 atom stereocenters. The lowest BCUT2D eigenvalue weighted by Gasteiger charge is -2.30. The molecule has 1 saturated heterocycles. The Balaban J connectivity index is 1.71. The van der Waals surface area contributed by atoms with E-state index in [-0.39, 0.29) is 17.7 Å². The lowest BCUT2D eigenvalue weighted by atomic mass is 9.96. The van der Waals surface area contributed by atoms with Gasteiger partial charge in [-0.25, -0.2) is 14.3 Å². The summed E-state index contributed by atoms with van der Waals surface area (Å²) < 4.78 is 8.37. The number of ether oxygens (including phenoxy) is 1. The first kappa shape index (κ1) is 18.2. The molecule has 1 fully saturated rings. The summed E-state index contributed by atoms with van der Waals surface area (Å²) in [7, 11) is 1.69. The van der Waals surface area contributed by atoms with E-state index in [4.69, 9.17) is 4.74 Å². The average Bonchev–Trinajstić information content (AvgIpc) is 2.95. The van der Waals surface area contributed by atoms with Crippen LogP contribution < -0.4 is 5.69 Å². The van der Waals surface area contributed by atoms with Gasteiger partial charge in [-0.05, 0) is 24.8 Å². The van der Waals surface area contributed by atoms with Crippen molar-refractivity contribution in [2.45, 2.75) is 38.6 Å². The number of hydrogen-bond acceptors (Lipinski definition) is 4. The predicted molar refractivity (Wildman–Crippen MR) is 98.2 cm³/mol. The third kappa shape index (κ3) is 3.98. The minimum Gasteiger partial charge on any atom is -0.449 e. The fourth-order valence-corrected chi connectivity index (χ4v) is 3.34. The average molecular weight is 358 g/mol. The molecule has 2 heterocycles. The molecule has 0 saturated carbocycles. The summed E-state index contributed by atoms with van der Waals surface area (Å²) in [6.45, 7) is 4.20. The van der Waals surface area contributed by atoms with Crippen LogP contribution in [-0.4, -0.2) is 45.0 Å². The summed E-state index contributed by atoms with van der Waals surface area (Å²) >= 11 is 0. The molecule has 140 valence electrons. The van der Waals surface area contributed by atoms with Gasteiger partial charge in [0.2, 0.25) is 0 Å². The molecule has 26 heavy (non-hydrogen) atoms. The zero-order chi connectivity index (χ0) is 18.5. The summed E-state index contributed by atoms with van der Waals surface area (Å²) in [6.07, 6.45) is 2.15. The molecule has 1 aromatic carbocycles. The molecule has 0 unspecified atom stereocenters. The Bertz CT molecular complexity index is 789. The summed E-state index contributed by atoms with van der Waals surface area (Å²) in [5, 5.41) is 4.48. The lowest BCUT2D eigenvalue weighted by molar-refractivity contribution is 0.0921. The number of aromatic nitrogens is 3. The number of benzene rings is 1. The number of nitrogens with zero attached hydrogens (tertiary/aromatic N) is 4. The van der Waals surface area contributed by atoms with E-state index in [0.29, 0.717) is 26.2 Å². The lowest BCUT2D eigenvalue weighted by Crippen LogP contribution is -2.39. The standard InChI is InChI=1S/C19H26N4O3/c1-3-13-26-19(25)22-11-9-16(10-12-22)17-20-21(2)18(24)23(17)14-15-7-5-4-6-8-15/h4-8,16H,3,9-14H2,1-2H3. The maximum absolute atomic E-state index is 12.5. The quantitative estimate of drug-likeness (QED) is 0.823. The molecule has 0 N–H and O–H groups in total. The first-order valence-corrected chi connectivity index (χ1v) is 9.19. The highest BCUT2D eigenvalue weighted by Crippen LogP contribution is 2.26. The molecule has 3 rings (SSSR count). The molecule has 0 radical (unpaired) electrons. The number of likely N-dealkylation sites (tertiary alicyclic amines) is 1. The van der Waals surface area contributed by atoms with Crippen LogP contribution in [0.15, 0.2) is 35.1 Å². The Morgan fingerprint density at radius 3 is 2.58 bits per heavy atom. The van der Waals surface area contributed by atoms with Crippen LogP contribution in [0.25, 0.3) is 0 Å². The highest BCUT2D eigenvalue weighted by Gasteiger charge is 2.28. The molecule has 0 aliphatic carbocycles. The van der Waals surface area contributed by atoms with E-state index in [1.807, 2.05) is 37.3 Å². The second kappa shape index (κ2) is 8.21. The molecule has 1 aliphatic heterocycles. The molecule has 0 bridgehead atoms. The highest BCUT2D eigenvalue weighted by atomic mass is 16.6. The van der Waals surface area contributed by atoms with E-state index < -0.39 is 0 Å². The number of hydrogen-bond donors (Lipinski definition) is 0. The summed E-state index contributed by atoms with van der Waals surface area (Å²) in [4.78, 5) is 26.2. The number of piperidine rings is 1. The van der Waals surface area contributed by atoms with Crippen molar-refractivity contribution in [3.05, 3.63) is 52.2 Å². The van der Waals surface area contributed by atoms with Crippen LogP contribution in [0.1, 0.15) is 43.5 Å². The molecule has 0 spiro atoms. The molecular weight excluding hydrogens is 332 g/mol. The number of aryl methyl sites for hydroxylation is 1. The van der Waals surface area contributed by atoms with Crippen LogP contribution in [0.5, 0.6) is 0 Å². The van der Waals surface area contributed by atoms with Gasteiger partial charge in [0.25, 0.3) is 0 Å². The first-order valence-electron chi connectivity index (χ1n) is 9.19. The predicted octanol–water partition coefficient (Wildman–Crippen LogP) is 2.36. The van der Waals surface area contributed by atoms with E-state index in [2.05, 4.69) is 5.10 Å². The zero-order valence-corrected chi connectivity index (χ0v) is 15.4. The SMILES string of the molecule is CCCOC(=O)N1CCC(c2nn(C)c(=O)n2Cc2ccccc2)CC1. The van der Waals surface area contributed by atoms with Crippen LogP contribution in [0, 0.1) is 0 Å². The van der Waals surface area contributed by atoms with E-state index in [0.717, 1.165) is 30.7 Å². The smallest absolute Gasteiger partial charge is 0.409 e. The molecule has 1 aromatic heterocycles. The number of carbonyl (C=O) groups excluding carboxylic acids is 1. The maximum atomic E-state index is 12.5. The van der Waals surface area contributed by atoms with Gasteiger partial charge in [-0.1, -0.05) is 37.3 Å². The van der Waals surface area contributed by atoms with Crippen molar-refractivity contribution in [2.24, 2.45) is 7.05 Å². The minimum atomic E-state index is -0.243. The van der Waals surface area contributed by atoms with Gasteiger partial charge < -0.3 is 9.64 Å². The summed E-state index contributed by atoms with van der Waals surface area (Å²) in [6, 6.07) is 9.92. The van der Waals surface area contributed by atoms with Crippen molar-refractivity contribution in [1.29, 1.82) is 0 Å². The van der Waals surface area contributed by atoms with Crippen LogP contribution in [0.2, 0.25) is 0 Å². The van der Waals surface area contributed by atoms with Gasteiger partial charge in [0, 0.05) is 26.1 Å². The topological polar surface area (TPSA) is 69.4 Å². The van der Waals surface area contributed by atoms with Crippen molar-refractivity contribution in [3.8, 4) is 0 Å². The largest absolute Gasteiger partial charge is 0.449 e. The number of carbonyl (C=O) groups is 1. The van der Waals surface area contributed by atoms with Gasteiger partial charge >= 0.3 is 11.8 Å². The second-order valence-corrected chi connectivity index (χ2v) is 6.71. The Kier molecular flexibility index (Phi) is 5.75. The van der Waals surface area contributed by atoms with E-state index in [1.165, 1.54) is 4.68 Å². The van der Waals surface area contributed by atoms with Crippen molar-refractivity contribution < 1.29 is 9.53 Å². The fraction of sp³-hybridized carbons (Fsp3) is 0.526. The number of rotatable bonds is 5. The van der Waals surface area contributed by atoms with E-state index in [9.17, 15) is 9.59 Å². The second-order valence-electron chi connectivity index (χ2n) is 6.71. The molecule has 1 aliphatic rings. The van der Waals surface area contributed by atoms with E-state index in [1.54, 1.807) is 16.5 Å². The highest BCUT2D eigenvalue weighted by molar-refractivity contribution is 5.67. The molecular formula is C19H26N4O3. The first-order chi connectivity index (χ1) is 12.6. The molecule has 7 heteroatoms. The van der Waals surface area contributed by atoms with Gasteiger partial charge in [0.15, 0.2) is 0 Å². The van der Waals surface area contributed by atoms with E-state index >= 15 is 0 Å². The van der Waals surface area contributed by atoms with Crippen molar-refractivity contribution >= 4 is 6.09 Å². The summed E-state index contributed by atoms with van der Waals surface area (Å²) in [5.74, 6) is 0.978. The van der Waals surface area contributed by atoms with Gasteiger partial charge in [0.1, 0.15) is 5.82 Å². The third-order valence-corrected chi connectivity index (χ3v) is 4.77. The minimum absolute atomic E-state index is 0.103. The maximum Gasteiger partial charge on any atom is 0.409 e. The monoisotopic (exact) mass is 358 g/mol. The van der Waals surface area contributed by atoms with Crippen LogP contribution in [0.3, 0.4) is 0 Å². The van der Waals surface area contributed by atoms with Crippen LogP contribution >= 0.6 is 0 Å². The van der Waals surface area contributed by atoms with Gasteiger partial charge in [-0.15, -0.1) is 0 Å². The Morgan fingerprint density at radius 1 is 1.23 bits per heavy atom. The number of amides is 1. The van der Waals surface area contributed by atoms with Crippen LogP contribution in [-0.2, 0) is 18.3 Å². The Hall–Kier alpha value is -2.57.